The van der Waals surface area contributed by atoms with Crippen LogP contribution >= 0.6 is 0 Å². The van der Waals surface area contributed by atoms with Crippen LogP contribution in [-0.2, 0) is 24.2 Å². The number of nitrogens with zero attached hydrogens (tertiary/aromatic N) is 2. The Morgan fingerprint density at radius 2 is 1.97 bits per heavy atom. The number of benzene rings is 1. The number of furan rings is 1. The maximum Gasteiger partial charge on any atom is 0.254 e. The number of pyridine rings is 1. The number of likely N-dealkylation sites (tertiary alicyclic amines) is 1. The number of rotatable bonds is 4. The highest BCUT2D eigenvalue weighted by atomic mass is 16.3. The van der Waals surface area contributed by atoms with Crippen LogP contribution in [0.5, 0.6) is 0 Å². The molecule has 3 heterocycles. The molecule has 1 N–H and O–H groups in total. The molecule has 0 atom stereocenters. The van der Waals surface area contributed by atoms with E-state index in [0.29, 0.717) is 32.5 Å². The minimum absolute atomic E-state index is 0.0378. The standard InChI is InChI=1S/C26H29N3O3/c1-17-8-9-23-21(15-17)24(20-6-2-3-7-22(20)28-23)26(31)29-12-10-18(11-13-29)25(30)27-16-19-5-4-14-32-19/h4-5,8-9,14-15,18H,2-3,6-7,10-13,16H2,1H3,(H,27,30). The first kappa shape index (κ1) is 20.7. The number of piperidine rings is 1. The lowest BCUT2D eigenvalue weighted by Crippen LogP contribution is -2.43. The van der Waals surface area contributed by atoms with E-state index in [1.54, 1.807) is 6.26 Å². The van der Waals surface area contributed by atoms with Crippen molar-refractivity contribution in [1.29, 1.82) is 0 Å². The summed E-state index contributed by atoms with van der Waals surface area (Å²) in [7, 11) is 0. The summed E-state index contributed by atoms with van der Waals surface area (Å²) >= 11 is 0. The quantitative estimate of drug-likeness (QED) is 0.672. The lowest BCUT2D eigenvalue weighted by molar-refractivity contribution is -0.126. The molecule has 0 radical (unpaired) electrons. The molecule has 2 aliphatic rings. The average Bonchev–Trinajstić information content (AvgIpc) is 3.34. The highest BCUT2D eigenvalue weighted by molar-refractivity contribution is 6.08. The molecule has 1 saturated heterocycles. The van der Waals surface area contributed by atoms with Crippen LogP contribution in [0, 0.1) is 12.8 Å². The fourth-order valence-corrected chi connectivity index (χ4v) is 5.02. The minimum Gasteiger partial charge on any atom is -0.467 e. The maximum atomic E-state index is 13.7. The first-order valence-electron chi connectivity index (χ1n) is 11.6. The smallest absolute Gasteiger partial charge is 0.254 e. The van der Waals surface area contributed by atoms with Crippen molar-refractivity contribution in [1.82, 2.24) is 15.2 Å². The van der Waals surface area contributed by atoms with E-state index in [9.17, 15) is 9.59 Å². The van der Waals surface area contributed by atoms with Crippen molar-refractivity contribution >= 4 is 22.7 Å². The number of amides is 2. The van der Waals surface area contributed by atoms with Crippen LogP contribution in [0.2, 0.25) is 0 Å². The van der Waals surface area contributed by atoms with Crippen LogP contribution < -0.4 is 5.32 Å². The molecular formula is C26H29N3O3. The molecule has 0 saturated carbocycles. The van der Waals surface area contributed by atoms with E-state index >= 15 is 0 Å². The zero-order valence-electron chi connectivity index (χ0n) is 18.5. The van der Waals surface area contributed by atoms with Gasteiger partial charge in [0.2, 0.25) is 5.91 Å². The molecule has 6 heteroatoms. The summed E-state index contributed by atoms with van der Waals surface area (Å²) in [6.07, 6.45) is 7.05. The Balaban J connectivity index is 1.33. The third kappa shape index (κ3) is 4.01. The van der Waals surface area contributed by atoms with E-state index < -0.39 is 0 Å². The molecule has 1 fully saturated rings. The molecule has 1 aromatic carbocycles. The molecule has 0 bridgehead atoms. The lowest BCUT2D eigenvalue weighted by atomic mass is 9.88. The van der Waals surface area contributed by atoms with Crippen LogP contribution in [0.3, 0.4) is 0 Å². The summed E-state index contributed by atoms with van der Waals surface area (Å²) in [6, 6.07) is 9.86. The normalized spacial score (nSPS) is 16.7. The Morgan fingerprint density at radius 1 is 1.16 bits per heavy atom. The van der Waals surface area contributed by atoms with Crippen LogP contribution in [0.25, 0.3) is 10.9 Å². The van der Waals surface area contributed by atoms with Gasteiger partial charge in [0.25, 0.3) is 5.91 Å². The Labute approximate surface area is 188 Å². The van der Waals surface area contributed by atoms with Gasteiger partial charge >= 0.3 is 0 Å². The van der Waals surface area contributed by atoms with Crippen LogP contribution in [0.15, 0.2) is 41.0 Å². The van der Waals surface area contributed by atoms with E-state index in [4.69, 9.17) is 9.40 Å². The summed E-state index contributed by atoms with van der Waals surface area (Å²) in [4.78, 5) is 33.1. The average molecular weight is 432 g/mol. The van der Waals surface area contributed by atoms with Gasteiger partial charge in [0.1, 0.15) is 5.76 Å². The third-order valence-electron chi connectivity index (χ3n) is 6.80. The van der Waals surface area contributed by atoms with Crippen molar-refractivity contribution < 1.29 is 14.0 Å². The van der Waals surface area contributed by atoms with Gasteiger partial charge in [0, 0.05) is 30.1 Å². The van der Waals surface area contributed by atoms with Gasteiger partial charge in [-0.05, 0) is 75.3 Å². The van der Waals surface area contributed by atoms with Gasteiger partial charge in [-0.2, -0.15) is 0 Å². The van der Waals surface area contributed by atoms with E-state index in [2.05, 4.69) is 24.4 Å². The predicted molar refractivity (Wildman–Crippen MR) is 122 cm³/mol. The lowest BCUT2D eigenvalue weighted by Gasteiger charge is -2.32. The van der Waals surface area contributed by atoms with Gasteiger partial charge in [-0.25, -0.2) is 0 Å². The molecular weight excluding hydrogens is 402 g/mol. The number of aromatic nitrogens is 1. The third-order valence-corrected chi connectivity index (χ3v) is 6.80. The summed E-state index contributed by atoms with van der Waals surface area (Å²) < 4.78 is 5.28. The van der Waals surface area contributed by atoms with E-state index in [0.717, 1.165) is 64.7 Å². The summed E-state index contributed by atoms with van der Waals surface area (Å²) in [6.45, 7) is 3.66. The first-order valence-corrected chi connectivity index (χ1v) is 11.6. The number of fused-ring (bicyclic) bond motifs is 2. The molecule has 1 aliphatic carbocycles. The molecule has 3 aromatic rings. The van der Waals surface area contributed by atoms with Crippen molar-refractivity contribution in [3.05, 3.63) is 64.7 Å². The zero-order valence-corrected chi connectivity index (χ0v) is 18.5. The van der Waals surface area contributed by atoms with E-state index in [-0.39, 0.29) is 17.7 Å². The van der Waals surface area contributed by atoms with Gasteiger partial charge in [-0.1, -0.05) is 11.6 Å². The Kier molecular flexibility index (Phi) is 5.68. The van der Waals surface area contributed by atoms with Crippen LogP contribution in [-0.4, -0.2) is 34.8 Å². The number of aryl methyl sites for hydroxylation is 2. The monoisotopic (exact) mass is 431 g/mol. The molecule has 6 nitrogen and oxygen atoms in total. The summed E-state index contributed by atoms with van der Waals surface area (Å²) in [5.41, 5.74) is 5.11. The van der Waals surface area contributed by atoms with Crippen molar-refractivity contribution in [2.24, 2.45) is 5.92 Å². The summed E-state index contributed by atoms with van der Waals surface area (Å²) in [5, 5.41) is 3.92. The Morgan fingerprint density at radius 3 is 2.75 bits per heavy atom. The van der Waals surface area contributed by atoms with E-state index in [1.165, 1.54) is 0 Å². The Bertz CT molecular complexity index is 1140. The zero-order chi connectivity index (χ0) is 22.1. The molecule has 2 aromatic heterocycles. The Hall–Kier alpha value is -3.15. The maximum absolute atomic E-state index is 13.7. The van der Waals surface area contributed by atoms with Gasteiger partial charge in [0.05, 0.1) is 23.9 Å². The molecule has 5 rings (SSSR count). The highest BCUT2D eigenvalue weighted by Gasteiger charge is 2.31. The SMILES string of the molecule is Cc1ccc2nc3c(c(C(=O)N4CCC(C(=O)NCc5ccco5)CC4)c2c1)CCCC3. The first-order chi connectivity index (χ1) is 15.6. The van der Waals surface area contributed by atoms with Gasteiger partial charge in [0.15, 0.2) is 0 Å². The van der Waals surface area contributed by atoms with Crippen molar-refractivity contribution in [3.8, 4) is 0 Å². The minimum atomic E-state index is -0.0700. The number of carbonyl (C=O) groups excluding carboxylic acids is 2. The second kappa shape index (κ2) is 8.77. The van der Waals surface area contributed by atoms with Gasteiger partial charge < -0.3 is 14.6 Å². The van der Waals surface area contributed by atoms with Crippen molar-refractivity contribution in [3.63, 3.8) is 0 Å². The van der Waals surface area contributed by atoms with Gasteiger partial charge in [-0.15, -0.1) is 0 Å². The topological polar surface area (TPSA) is 75.4 Å². The molecule has 1 aliphatic heterocycles. The fraction of sp³-hybridized carbons (Fsp3) is 0.423. The number of nitrogens with one attached hydrogen (secondary N) is 1. The summed E-state index contributed by atoms with van der Waals surface area (Å²) in [5.74, 6) is 0.807. The number of carbonyl (C=O) groups is 2. The van der Waals surface area contributed by atoms with Crippen molar-refractivity contribution in [2.45, 2.75) is 52.0 Å². The highest BCUT2D eigenvalue weighted by Crippen LogP contribution is 2.32. The van der Waals surface area contributed by atoms with Crippen molar-refractivity contribution in [2.75, 3.05) is 13.1 Å². The molecule has 2 amide bonds. The number of hydrogen-bond acceptors (Lipinski definition) is 4. The molecule has 32 heavy (non-hydrogen) atoms. The molecule has 0 unspecified atom stereocenters. The second-order valence-corrected chi connectivity index (χ2v) is 9.00. The fourth-order valence-electron chi connectivity index (χ4n) is 5.02. The largest absolute Gasteiger partial charge is 0.467 e. The van der Waals surface area contributed by atoms with Crippen LogP contribution in [0.1, 0.15) is 58.6 Å². The van der Waals surface area contributed by atoms with Gasteiger partial charge in [-0.3, -0.25) is 14.6 Å². The number of hydrogen-bond donors (Lipinski definition) is 1. The second-order valence-electron chi connectivity index (χ2n) is 9.00. The predicted octanol–water partition coefficient (Wildman–Crippen LogP) is 4.18. The van der Waals surface area contributed by atoms with E-state index in [1.807, 2.05) is 23.1 Å². The molecule has 0 spiro atoms. The molecule has 166 valence electrons. The van der Waals surface area contributed by atoms with Crippen LogP contribution in [0.4, 0.5) is 0 Å².